The van der Waals surface area contributed by atoms with Crippen molar-refractivity contribution in [3.8, 4) is 0 Å². The molecule has 0 amide bonds. The summed E-state index contributed by atoms with van der Waals surface area (Å²) in [6.45, 7) is 0.540. The Morgan fingerprint density at radius 3 is 2.61 bits per heavy atom. The van der Waals surface area contributed by atoms with Crippen LogP contribution in [0.3, 0.4) is 0 Å². The fraction of sp³-hybridized carbons (Fsp3) is 0.562. The van der Waals surface area contributed by atoms with Crippen molar-refractivity contribution in [2.24, 2.45) is 4.99 Å². The summed E-state index contributed by atoms with van der Waals surface area (Å²) in [5.74, 6) is 0.702. The smallest absolute Gasteiger partial charge is 0.352 e. The van der Waals surface area contributed by atoms with E-state index in [0.29, 0.717) is 32.0 Å². The van der Waals surface area contributed by atoms with E-state index in [0.717, 1.165) is 5.56 Å². The Labute approximate surface area is 135 Å². The van der Waals surface area contributed by atoms with Crippen LogP contribution in [0.2, 0.25) is 0 Å². The van der Waals surface area contributed by atoms with Crippen LogP contribution < -0.4 is 5.32 Å². The summed E-state index contributed by atoms with van der Waals surface area (Å²) in [6.07, 6.45) is -3.45. The molecule has 1 aromatic rings. The van der Waals surface area contributed by atoms with Crippen LogP contribution in [0.4, 0.5) is 13.2 Å². The molecule has 1 atom stereocenters. The molecule has 4 nitrogen and oxygen atoms in total. The molecule has 0 radical (unpaired) electrons. The van der Waals surface area contributed by atoms with Gasteiger partial charge >= 0.3 is 6.18 Å². The molecule has 0 aliphatic carbocycles. The van der Waals surface area contributed by atoms with Crippen LogP contribution >= 0.6 is 0 Å². The Hall–Kier alpha value is -1.76. The van der Waals surface area contributed by atoms with E-state index >= 15 is 0 Å². The van der Waals surface area contributed by atoms with Crippen molar-refractivity contribution >= 4 is 5.96 Å². The molecule has 0 spiro atoms. The van der Waals surface area contributed by atoms with Gasteiger partial charge in [-0.15, -0.1) is 0 Å². The van der Waals surface area contributed by atoms with Gasteiger partial charge in [0.1, 0.15) is 0 Å². The Balaban J connectivity index is 1.90. The Morgan fingerprint density at radius 1 is 1.30 bits per heavy atom. The van der Waals surface area contributed by atoms with Crippen molar-refractivity contribution in [3.05, 3.63) is 35.9 Å². The standard InChI is InChI=1S/C16H23F3N4/c1-22(2)15(20-10-13-6-4-3-5-7-13)21-14-8-9-23(11-14)12-16(17,18)19/h3-7,14H,8-12H2,1-2H3,(H,20,21). The minimum Gasteiger partial charge on any atom is -0.352 e. The molecule has 1 heterocycles. The molecule has 23 heavy (non-hydrogen) atoms. The van der Waals surface area contributed by atoms with Crippen molar-refractivity contribution in [1.29, 1.82) is 0 Å². The van der Waals surface area contributed by atoms with Crippen LogP contribution in [-0.2, 0) is 6.54 Å². The third-order valence-electron chi connectivity index (χ3n) is 3.69. The second-order valence-corrected chi connectivity index (χ2v) is 6.00. The Bertz CT molecular complexity index is 514. The monoisotopic (exact) mass is 328 g/mol. The lowest BCUT2D eigenvalue weighted by atomic mass is 10.2. The maximum atomic E-state index is 12.4. The first-order valence-corrected chi connectivity index (χ1v) is 7.65. The number of likely N-dealkylation sites (tertiary alicyclic amines) is 1. The van der Waals surface area contributed by atoms with E-state index in [9.17, 15) is 13.2 Å². The number of alkyl halides is 3. The maximum Gasteiger partial charge on any atom is 0.401 e. The highest BCUT2D eigenvalue weighted by Crippen LogP contribution is 2.20. The van der Waals surface area contributed by atoms with Crippen molar-refractivity contribution in [3.63, 3.8) is 0 Å². The van der Waals surface area contributed by atoms with E-state index in [-0.39, 0.29) is 6.04 Å². The highest BCUT2D eigenvalue weighted by Gasteiger charge is 2.34. The largest absolute Gasteiger partial charge is 0.401 e. The quantitative estimate of drug-likeness (QED) is 0.680. The van der Waals surface area contributed by atoms with Gasteiger partial charge in [-0.3, -0.25) is 4.90 Å². The molecule has 1 aromatic carbocycles. The van der Waals surface area contributed by atoms with Gasteiger partial charge in [0.15, 0.2) is 5.96 Å². The summed E-state index contributed by atoms with van der Waals surface area (Å²) in [7, 11) is 3.75. The number of nitrogens with one attached hydrogen (secondary N) is 1. The van der Waals surface area contributed by atoms with Crippen molar-refractivity contribution in [2.75, 3.05) is 33.7 Å². The number of guanidine groups is 1. The van der Waals surface area contributed by atoms with Crippen LogP contribution in [0.1, 0.15) is 12.0 Å². The van der Waals surface area contributed by atoms with Gasteiger partial charge in [-0.1, -0.05) is 30.3 Å². The van der Waals surface area contributed by atoms with Gasteiger partial charge in [0.2, 0.25) is 0 Å². The van der Waals surface area contributed by atoms with Crippen molar-refractivity contribution < 1.29 is 13.2 Å². The zero-order valence-corrected chi connectivity index (χ0v) is 13.5. The van der Waals surface area contributed by atoms with Crippen LogP contribution in [0, 0.1) is 0 Å². The second-order valence-electron chi connectivity index (χ2n) is 6.00. The number of aliphatic imine (C=N–C) groups is 1. The zero-order valence-electron chi connectivity index (χ0n) is 13.5. The van der Waals surface area contributed by atoms with Gasteiger partial charge in [0.05, 0.1) is 13.1 Å². The minimum absolute atomic E-state index is 0.00530. The molecule has 1 aliphatic heterocycles. The molecule has 2 rings (SSSR count). The predicted octanol–water partition coefficient (Wildman–Crippen LogP) is 2.33. The number of nitrogens with zero attached hydrogens (tertiary/aromatic N) is 3. The first-order chi connectivity index (χ1) is 10.8. The minimum atomic E-state index is -4.14. The molecule has 7 heteroatoms. The van der Waals surface area contributed by atoms with E-state index in [4.69, 9.17) is 0 Å². The van der Waals surface area contributed by atoms with Crippen LogP contribution in [0.25, 0.3) is 0 Å². The van der Waals surface area contributed by atoms with E-state index in [1.807, 2.05) is 49.3 Å². The number of halogens is 3. The van der Waals surface area contributed by atoms with E-state index in [1.54, 1.807) is 0 Å². The SMILES string of the molecule is CN(C)C(=NCc1ccccc1)NC1CCN(CC(F)(F)F)C1. The average Bonchev–Trinajstić information content (AvgIpc) is 2.89. The van der Waals surface area contributed by atoms with Crippen molar-refractivity contribution in [1.82, 2.24) is 15.1 Å². The first-order valence-electron chi connectivity index (χ1n) is 7.65. The topological polar surface area (TPSA) is 30.9 Å². The summed E-state index contributed by atoms with van der Waals surface area (Å²) < 4.78 is 37.3. The molecule has 1 N–H and O–H groups in total. The fourth-order valence-electron chi connectivity index (χ4n) is 2.60. The van der Waals surface area contributed by atoms with E-state index in [1.165, 1.54) is 4.90 Å². The molecule has 0 saturated carbocycles. The van der Waals surface area contributed by atoms with Gasteiger partial charge in [0, 0.05) is 33.2 Å². The lowest BCUT2D eigenvalue weighted by Crippen LogP contribution is -2.44. The maximum absolute atomic E-state index is 12.4. The zero-order chi connectivity index (χ0) is 16.9. The molecular weight excluding hydrogens is 305 g/mol. The predicted molar refractivity (Wildman–Crippen MR) is 85.3 cm³/mol. The average molecular weight is 328 g/mol. The third kappa shape index (κ3) is 6.09. The van der Waals surface area contributed by atoms with E-state index < -0.39 is 12.7 Å². The first kappa shape index (κ1) is 17.6. The van der Waals surface area contributed by atoms with Crippen LogP contribution in [-0.4, -0.2) is 61.7 Å². The summed E-state index contributed by atoms with van der Waals surface area (Å²) in [5, 5.41) is 3.27. The van der Waals surface area contributed by atoms with Gasteiger partial charge in [-0.05, 0) is 12.0 Å². The van der Waals surface area contributed by atoms with Gasteiger partial charge in [-0.2, -0.15) is 13.2 Å². The van der Waals surface area contributed by atoms with Gasteiger partial charge in [0.25, 0.3) is 0 Å². The molecule has 0 bridgehead atoms. The molecule has 1 aliphatic rings. The van der Waals surface area contributed by atoms with Crippen LogP contribution in [0.5, 0.6) is 0 Å². The Morgan fingerprint density at radius 2 is 2.00 bits per heavy atom. The molecule has 0 aromatic heterocycles. The van der Waals surface area contributed by atoms with Gasteiger partial charge in [-0.25, -0.2) is 4.99 Å². The van der Waals surface area contributed by atoms with E-state index in [2.05, 4.69) is 10.3 Å². The summed E-state index contributed by atoms with van der Waals surface area (Å²) >= 11 is 0. The van der Waals surface area contributed by atoms with Gasteiger partial charge < -0.3 is 10.2 Å². The highest BCUT2D eigenvalue weighted by molar-refractivity contribution is 5.79. The van der Waals surface area contributed by atoms with Crippen molar-refractivity contribution in [2.45, 2.75) is 25.2 Å². The summed E-state index contributed by atoms with van der Waals surface area (Å²) in [5.41, 5.74) is 1.10. The number of rotatable bonds is 4. The van der Waals surface area contributed by atoms with Crippen LogP contribution in [0.15, 0.2) is 35.3 Å². The Kier molecular flexibility index (Phi) is 5.87. The molecule has 1 unspecified atom stereocenters. The summed E-state index contributed by atoms with van der Waals surface area (Å²) in [6, 6.07) is 9.86. The molecule has 1 saturated heterocycles. The molecule has 128 valence electrons. The number of hydrogen-bond donors (Lipinski definition) is 1. The lowest BCUT2D eigenvalue weighted by Gasteiger charge is -2.22. The highest BCUT2D eigenvalue weighted by atomic mass is 19.4. The lowest BCUT2D eigenvalue weighted by molar-refractivity contribution is -0.143. The number of hydrogen-bond acceptors (Lipinski definition) is 2. The summed E-state index contributed by atoms with van der Waals surface area (Å²) in [4.78, 5) is 7.84. The third-order valence-corrected chi connectivity index (χ3v) is 3.69. The molecular formula is C16H23F3N4. The number of benzene rings is 1. The molecule has 1 fully saturated rings. The second kappa shape index (κ2) is 7.68. The normalized spacial score (nSPS) is 19.9. The fourth-order valence-corrected chi connectivity index (χ4v) is 2.60.